The summed E-state index contributed by atoms with van der Waals surface area (Å²) in [6, 6.07) is 8.14. The molecular weight excluding hydrogens is 520 g/mol. The number of piperidine rings is 2. The maximum Gasteiger partial charge on any atom is 0.410 e. The molecule has 1 aliphatic carbocycles. The summed E-state index contributed by atoms with van der Waals surface area (Å²) in [4.78, 5) is 35.0. The number of hydrogen-bond acceptors (Lipinski definition) is 6. The Bertz CT molecular complexity index is 1360. The van der Waals surface area contributed by atoms with Crippen molar-refractivity contribution in [2.24, 2.45) is 7.05 Å². The number of carbonyl (C=O) groups excluding carboxylic acids is 2. The molecule has 3 fully saturated rings. The Balaban J connectivity index is 1.29. The second-order valence-electron chi connectivity index (χ2n) is 14.3. The molecule has 6 rings (SSSR count). The Hall–Kier alpha value is -3.23. The standard InChI is InChI=1S/C32H44N4O5/c1-29(2,3)40-27(37)35-18-15-32(16-19-35)25-24(22-10-8-9-11-23(22)39-32)33-26(34(25)7)21-12-17-36(31(20-21)13-14-31)28(38)41-30(4,5)6/h8-11,21H,12-20H2,1-7H3. The zero-order valence-electron chi connectivity index (χ0n) is 25.6. The number of nitrogens with zero attached hydrogens (tertiary/aromatic N) is 4. The monoisotopic (exact) mass is 564 g/mol. The molecule has 0 N–H and O–H groups in total. The van der Waals surface area contributed by atoms with Gasteiger partial charge in [0.05, 0.1) is 11.4 Å². The molecule has 3 aliphatic heterocycles. The summed E-state index contributed by atoms with van der Waals surface area (Å²) < 4.78 is 20.5. The summed E-state index contributed by atoms with van der Waals surface area (Å²) in [5.74, 6) is 2.13. The number of aromatic nitrogens is 2. The van der Waals surface area contributed by atoms with Gasteiger partial charge in [0.1, 0.15) is 22.8 Å². The minimum absolute atomic E-state index is 0.136. The normalized spacial score (nSPS) is 22.6. The third-order valence-corrected chi connectivity index (χ3v) is 8.94. The van der Waals surface area contributed by atoms with Crippen LogP contribution in [0.15, 0.2) is 24.3 Å². The van der Waals surface area contributed by atoms with E-state index in [2.05, 4.69) is 17.7 Å². The Kier molecular flexibility index (Phi) is 6.40. The number of benzene rings is 1. The number of ether oxygens (including phenoxy) is 3. The Morgan fingerprint density at radius 2 is 1.56 bits per heavy atom. The summed E-state index contributed by atoms with van der Waals surface area (Å²) in [5.41, 5.74) is 1.33. The summed E-state index contributed by atoms with van der Waals surface area (Å²) in [6.07, 6.45) is 4.57. The van der Waals surface area contributed by atoms with Gasteiger partial charge in [0.2, 0.25) is 0 Å². The summed E-state index contributed by atoms with van der Waals surface area (Å²) in [6.45, 7) is 13.2. The summed E-state index contributed by atoms with van der Waals surface area (Å²) >= 11 is 0. The van der Waals surface area contributed by atoms with Crippen LogP contribution in [0.3, 0.4) is 0 Å². The molecule has 0 bridgehead atoms. The van der Waals surface area contributed by atoms with Gasteiger partial charge in [0.25, 0.3) is 0 Å². The molecule has 2 amide bonds. The molecule has 1 atom stereocenters. The van der Waals surface area contributed by atoms with Crippen LogP contribution in [0.2, 0.25) is 0 Å². The fourth-order valence-corrected chi connectivity index (χ4v) is 6.95. The van der Waals surface area contributed by atoms with E-state index in [1.807, 2.05) is 64.6 Å². The molecule has 2 saturated heterocycles. The van der Waals surface area contributed by atoms with Crippen LogP contribution in [0.25, 0.3) is 11.3 Å². The first-order valence-corrected chi connectivity index (χ1v) is 15.0. The smallest absolute Gasteiger partial charge is 0.410 e. The maximum atomic E-state index is 13.1. The zero-order chi connectivity index (χ0) is 29.4. The lowest BCUT2D eigenvalue weighted by Crippen LogP contribution is -2.51. The van der Waals surface area contributed by atoms with Gasteiger partial charge in [0, 0.05) is 56.5 Å². The number of carbonyl (C=O) groups is 2. The molecule has 4 heterocycles. The largest absolute Gasteiger partial charge is 0.480 e. The highest BCUT2D eigenvalue weighted by Crippen LogP contribution is 2.55. The molecule has 0 radical (unpaired) electrons. The van der Waals surface area contributed by atoms with E-state index < -0.39 is 16.8 Å². The predicted molar refractivity (Wildman–Crippen MR) is 155 cm³/mol. The highest BCUT2D eigenvalue weighted by atomic mass is 16.6. The molecule has 9 heteroatoms. The van der Waals surface area contributed by atoms with Crippen molar-refractivity contribution in [1.82, 2.24) is 19.4 Å². The van der Waals surface area contributed by atoms with Crippen LogP contribution in [0.4, 0.5) is 9.59 Å². The SMILES string of the molecule is Cn1c(C2CCN(C(=O)OC(C)(C)C)C3(CC3)C2)nc2c1C1(CCN(C(=O)OC(C)(C)C)CC1)Oc1ccccc1-2. The lowest BCUT2D eigenvalue weighted by atomic mass is 9.83. The molecule has 2 spiro atoms. The van der Waals surface area contributed by atoms with E-state index >= 15 is 0 Å². The van der Waals surface area contributed by atoms with Gasteiger partial charge in [-0.15, -0.1) is 0 Å². The molecule has 4 aliphatic rings. The van der Waals surface area contributed by atoms with Crippen LogP contribution in [0.5, 0.6) is 5.75 Å². The van der Waals surface area contributed by atoms with Crippen LogP contribution in [0, 0.1) is 0 Å². The topological polar surface area (TPSA) is 86.1 Å². The van der Waals surface area contributed by atoms with Crippen molar-refractivity contribution >= 4 is 12.2 Å². The number of para-hydroxylation sites is 1. The Morgan fingerprint density at radius 3 is 2.20 bits per heavy atom. The highest BCUT2D eigenvalue weighted by molar-refractivity contribution is 5.74. The van der Waals surface area contributed by atoms with Crippen LogP contribution in [-0.2, 0) is 22.1 Å². The number of rotatable bonds is 1. The summed E-state index contributed by atoms with van der Waals surface area (Å²) in [7, 11) is 2.11. The van der Waals surface area contributed by atoms with E-state index in [0.29, 0.717) is 32.5 Å². The van der Waals surface area contributed by atoms with E-state index in [4.69, 9.17) is 19.2 Å². The van der Waals surface area contributed by atoms with E-state index in [-0.39, 0.29) is 23.6 Å². The van der Waals surface area contributed by atoms with Gasteiger partial charge in [-0.2, -0.15) is 0 Å². The fourth-order valence-electron chi connectivity index (χ4n) is 6.95. The molecule has 1 saturated carbocycles. The van der Waals surface area contributed by atoms with Crippen molar-refractivity contribution in [3.8, 4) is 17.0 Å². The second kappa shape index (κ2) is 9.39. The average Bonchev–Trinajstić information content (AvgIpc) is 3.53. The third kappa shape index (κ3) is 5.06. The van der Waals surface area contributed by atoms with Gasteiger partial charge in [-0.05, 0) is 79.4 Å². The maximum absolute atomic E-state index is 13.1. The predicted octanol–water partition coefficient (Wildman–Crippen LogP) is 6.35. The van der Waals surface area contributed by atoms with E-state index in [0.717, 1.165) is 54.2 Å². The zero-order valence-corrected chi connectivity index (χ0v) is 25.6. The number of hydrogen-bond donors (Lipinski definition) is 0. The van der Waals surface area contributed by atoms with Gasteiger partial charge >= 0.3 is 12.2 Å². The lowest BCUT2D eigenvalue weighted by Gasteiger charge is -2.44. The molecule has 1 aromatic heterocycles. The number of fused-ring (bicyclic) bond motifs is 4. The van der Waals surface area contributed by atoms with Crippen molar-refractivity contribution in [3.05, 3.63) is 35.8 Å². The van der Waals surface area contributed by atoms with Crippen LogP contribution < -0.4 is 4.74 Å². The average molecular weight is 565 g/mol. The minimum Gasteiger partial charge on any atom is -0.480 e. The van der Waals surface area contributed by atoms with Crippen molar-refractivity contribution in [2.45, 2.75) is 108 Å². The van der Waals surface area contributed by atoms with Crippen molar-refractivity contribution in [3.63, 3.8) is 0 Å². The first kappa shape index (κ1) is 27.9. The Labute approximate surface area is 243 Å². The van der Waals surface area contributed by atoms with Gasteiger partial charge in [-0.3, -0.25) is 0 Å². The number of likely N-dealkylation sites (tertiary alicyclic amines) is 2. The number of amides is 2. The van der Waals surface area contributed by atoms with Crippen molar-refractivity contribution < 1.29 is 23.8 Å². The van der Waals surface area contributed by atoms with Gasteiger partial charge in [-0.1, -0.05) is 12.1 Å². The van der Waals surface area contributed by atoms with Crippen molar-refractivity contribution in [1.29, 1.82) is 0 Å². The quantitative estimate of drug-likeness (QED) is 0.401. The number of imidazole rings is 1. The fraction of sp³-hybridized carbons (Fsp3) is 0.656. The van der Waals surface area contributed by atoms with Crippen LogP contribution in [0.1, 0.15) is 97.5 Å². The molecular formula is C32H44N4O5. The molecule has 1 unspecified atom stereocenters. The molecule has 41 heavy (non-hydrogen) atoms. The van der Waals surface area contributed by atoms with Crippen LogP contribution in [-0.4, -0.2) is 67.9 Å². The van der Waals surface area contributed by atoms with Gasteiger partial charge in [0.15, 0.2) is 5.60 Å². The van der Waals surface area contributed by atoms with E-state index in [1.54, 1.807) is 4.90 Å². The lowest BCUT2D eigenvalue weighted by molar-refractivity contribution is -0.0252. The van der Waals surface area contributed by atoms with Gasteiger partial charge < -0.3 is 28.6 Å². The summed E-state index contributed by atoms with van der Waals surface area (Å²) in [5, 5.41) is 0. The van der Waals surface area contributed by atoms with Gasteiger partial charge in [-0.25, -0.2) is 14.6 Å². The molecule has 222 valence electrons. The highest BCUT2D eigenvalue weighted by Gasteiger charge is 2.56. The minimum atomic E-state index is -0.573. The molecule has 2 aromatic rings. The molecule has 9 nitrogen and oxygen atoms in total. The molecule has 1 aromatic carbocycles. The first-order chi connectivity index (χ1) is 19.2. The third-order valence-electron chi connectivity index (χ3n) is 8.94. The van der Waals surface area contributed by atoms with E-state index in [1.165, 1.54) is 0 Å². The first-order valence-electron chi connectivity index (χ1n) is 15.0. The van der Waals surface area contributed by atoms with Crippen LogP contribution >= 0.6 is 0 Å². The second-order valence-corrected chi connectivity index (χ2v) is 14.3. The van der Waals surface area contributed by atoms with Crippen molar-refractivity contribution in [2.75, 3.05) is 19.6 Å². The van der Waals surface area contributed by atoms with E-state index in [9.17, 15) is 9.59 Å². The Morgan fingerprint density at radius 1 is 0.927 bits per heavy atom.